The number of nitrogens with zero attached hydrogens (tertiary/aromatic N) is 3. The minimum absolute atomic E-state index is 0.0485. The van der Waals surface area contributed by atoms with E-state index in [1.54, 1.807) is 13.0 Å². The molecule has 1 heterocycles. The normalized spacial score (nSPS) is 11.5. The fourth-order valence-corrected chi connectivity index (χ4v) is 2.73. The minimum Gasteiger partial charge on any atom is -0.320 e. The van der Waals surface area contributed by atoms with E-state index in [0.717, 1.165) is 23.3 Å². The van der Waals surface area contributed by atoms with Crippen molar-refractivity contribution in [2.24, 2.45) is 0 Å². The highest BCUT2D eigenvalue weighted by atomic mass is 19.4. The van der Waals surface area contributed by atoms with Gasteiger partial charge in [-0.1, -0.05) is 29.0 Å². The molecule has 2 aromatic carbocycles. The third kappa shape index (κ3) is 3.84. The first-order valence-electron chi connectivity index (χ1n) is 8.15. The Kier molecular flexibility index (Phi) is 4.73. The van der Waals surface area contributed by atoms with Crippen LogP contribution in [0.4, 0.5) is 18.9 Å². The predicted molar refractivity (Wildman–Crippen MR) is 95.0 cm³/mol. The smallest absolute Gasteiger partial charge is 0.320 e. The quantitative estimate of drug-likeness (QED) is 0.736. The molecule has 0 bridgehead atoms. The Labute approximate surface area is 153 Å². The van der Waals surface area contributed by atoms with Crippen LogP contribution in [-0.2, 0) is 6.18 Å². The lowest BCUT2D eigenvalue weighted by atomic mass is 10.1. The molecule has 0 unspecified atom stereocenters. The Bertz CT molecular complexity index is 1010. The molecule has 0 aliphatic rings. The number of rotatable bonds is 3. The van der Waals surface area contributed by atoms with Gasteiger partial charge in [0.2, 0.25) is 0 Å². The standard InChI is InChI=1S/C19H17F3N4O/c1-11-7-8-16(12(2)9-11)23-18(27)17-13(3)26(25-24-17)15-6-4-5-14(10-15)19(20,21)22/h4-10H,1-3H3,(H,23,27). The topological polar surface area (TPSA) is 59.8 Å². The van der Waals surface area contributed by atoms with E-state index in [9.17, 15) is 18.0 Å². The van der Waals surface area contributed by atoms with E-state index in [0.29, 0.717) is 11.4 Å². The first kappa shape index (κ1) is 18.6. The summed E-state index contributed by atoms with van der Waals surface area (Å²) in [4.78, 5) is 12.5. The fourth-order valence-electron chi connectivity index (χ4n) is 2.73. The monoisotopic (exact) mass is 374 g/mol. The lowest BCUT2D eigenvalue weighted by Crippen LogP contribution is -2.15. The van der Waals surface area contributed by atoms with Crippen LogP contribution in [0.5, 0.6) is 0 Å². The summed E-state index contributed by atoms with van der Waals surface area (Å²) in [5.74, 6) is -0.474. The molecule has 0 fully saturated rings. The molecule has 0 radical (unpaired) electrons. The molecule has 5 nitrogen and oxygen atoms in total. The van der Waals surface area contributed by atoms with E-state index in [1.165, 1.54) is 16.8 Å². The number of aromatic nitrogens is 3. The van der Waals surface area contributed by atoms with Crippen LogP contribution >= 0.6 is 0 Å². The van der Waals surface area contributed by atoms with Gasteiger partial charge in [-0.25, -0.2) is 4.68 Å². The zero-order chi connectivity index (χ0) is 19.8. The summed E-state index contributed by atoms with van der Waals surface area (Å²) in [5.41, 5.74) is 2.38. The second-order valence-corrected chi connectivity index (χ2v) is 6.26. The zero-order valence-corrected chi connectivity index (χ0v) is 14.9. The summed E-state index contributed by atoms with van der Waals surface area (Å²) < 4.78 is 40.0. The van der Waals surface area contributed by atoms with Crippen LogP contribution in [0.25, 0.3) is 5.69 Å². The maximum absolute atomic E-state index is 12.9. The van der Waals surface area contributed by atoms with Crippen LogP contribution in [0.1, 0.15) is 32.9 Å². The molecule has 0 saturated heterocycles. The van der Waals surface area contributed by atoms with Gasteiger partial charge in [0.15, 0.2) is 5.69 Å². The highest BCUT2D eigenvalue weighted by Crippen LogP contribution is 2.30. The van der Waals surface area contributed by atoms with Gasteiger partial charge >= 0.3 is 6.18 Å². The number of carbonyl (C=O) groups is 1. The summed E-state index contributed by atoms with van der Waals surface area (Å²) >= 11 is 0. The number of amides is 1. The van der Waals surface area contributed by atoms with Gasteiger partial charge < -0.3 is 5.32 Å². The van der Waals surface area contributed by atoms with Gasteiger partial charge in [-0.05, 0) is 50.6 Å². The van der Waals surface area contributed by atoms with Crippen LogP contribution in [-0.4, -0.2) is 20.9 Å². The Hall–Kier alpha value is -3.16. The number of hydrogen-bond acceptors (Lipinski definition) is 3. The maximum atomic E-state index is 12.9. The second-order valence-electron chi connectivity index (χ2n) is 6.26. The number of carbonyl (C=O) groups excluding carboxylic acids is 1. The number of alkyl halides is 3. The average Bonchev–Trinajstić information content (AvgIpc) is 2.98. The average molecular weight is 374 g/mol. The van der Waals surface area contributed by atoms with Crippen molar-refractivity contribution in [3.05, 3.63) is 70.5 Å². The van der Waals surface area contributed by atoms with Gasteiger partial charge in [-0.3, -0.25) is 4.79 Å². The number of anilines is 1. The molecule has 0 aliphatic heterocycles. The fraction of sp³-hybridized carbons (Fsp3) is 0.211. The molecule has 0 saturated carbocycles. The lowest BCUT2D eigenvalue weighted by molar-refractivity contribution is -0.137. The SMILES string of the molecule is Cc1ccc(NC(=O)c2nnn(-c3cccc(C(F)(F)F)c3)c2C)c(C)c1. The van der Waals surface area contributed by atoms with Gasteiger partial charge in [0.25, 0.3) is 5.91 Å². The molecular formula is C19H17F3N4O. The zero-order valence-electron chi connectivity index (χ0n) is 14.9. The highest BCUT2D eigenvalue weighted by Gasteiger charge is 2.31. The maximum Gasteiger partial charge on any atom is 0.416 e. The molecule has 8 heteroatoms. The largest absolute Gasteiger partial charge is 0.416 e. The Morgan fingerprint density at radius 2 is 1.81 bits per heavy atom. The predicted octanol–water partition coefficient (Wildman–Crippen LogP) is 4.46. The molecule has 0 aliphatic carbocycles. The van der Waals surface area contributed by atoms with Crippen molar-refractivity contribution in [1.29, 1.82) is 0 Å². The van der Waals surface area contributed by atoms with Crippen molar-refractivity contribution in [1.82, 2.24) is 15.0 Å². The molecule has 140 valence electrons. The molecule has 3 rings (SSSR count). The van der Waals surface area contributed by atoms with E-state index >= 15 is 0 Å². The molecular weight excluding hydrogens is 357 g/mol. The van der Waals surface area contributed by atoms with Gasteiger partial charge in [0.1, 0.15) is 0 Å². The van der Waals surface area contributed by atoms with Gasteiger partial charge in [-0.2, -0.15) is 13.2 Å². The molecule has 1 amide bonds. The van der Waals surface area contributed by atoms with Crippen LogP contribution in [0.2, 0.25) is 0 Å². The summed E-state index contributed by atoms with van der Waals surface area (Å²) in [6, 6.07) is 10.3. The van der Waals surface area contributed by atoms with Crippen LogP contribution in [0.15, 0.2) is 42.5 Å². The van der Waals surface area contributed by atoms with Crippen molar-refractivity contribution in [2.75, 3.05) is 5.32 Å². The molecule has 1 N–H and O–H groups in total. The second kappa shape index (κ2) is 6.86. The van der Waals surface area contributed by atoms with Crippen molar-refractivity contribution >= 4 is 11.6 Å². The molecule has 27 heavy (non-hydrogen) atoms. The van der Waals surface area contributed by atoms with Crippen LogP contribution in [0.3, 0.4) is 0 Å². The Morgan fingerprint density at radius 3 is 2.48 bits per heavy atom. The number of nitrogens with one attached hydrogen (secondary N) is 1. The summed E-state index contributed by atoms with van der Waals surface area (Å²) in [5, 5.41) is 10.5. The molecule has 0 spiro atoms. The van der Waals surface area contributed by atoms with E-state index in [2.05, 4.69) is 15.6 Å². The van der Waals surface area contributed by atoms with Gasteiger partial charge in [-0.15, -0.1) is 5.10 Å². The van der Waals surface area contributed by atoms with E-state index in [1.807, 2.05) is 26.0 Å². The number of aryl methyl sites for hydroxylation is 2. The number of benzene rings is 2. The summed E-state index contributed by atoms with van der Waals surface area (Å²) in [6.45, 7) is 5.40. The van der Waals surface area contributed by atoms with Crippen molar-refractivity contribution in [2.45, 2.75) is 26.9 Å². The van der Waals surface area contributed by atoms with Crippen LogP contribution < -0.4 is 5.32 Å². The first-order chi connectivity index (χ1) is 12.7. The minimum atomic E-state index is -4.46. The first-order valence-corrected chi connectivity index (χ1v) is 8.15. The lowest BCUT2D eigenvalue weighted by Gasteiger charge is -2.10. The van der Waals surface area contributed by atoms with Crippen molar-refractivity contribution in [3.8, 4) is 5.69 Å². The molecule has 3 aromatic rings. The number of halogens is 3. The van der Waals surface area contributed by atoms with Gasteiger partial charge in [0.05, 0.1) is 16.9 Å². The number of hydrogen-bond donors (Lipinski definition) is 1. The highest BCUT2D eigenvalue weighted by molar-refractivity contribution is 6.04. The third-order valence-corrected chi connectivity index (χ3v) is 4.16. The van der Waals surface area contributed by atoms with Gasteiger partial charge in [0, 0.05) is 5.69 Å². The summed E-state index contributed by atoms with van der Waals surface area (Å²) in [6.07, 6.45) is -4.46. The Morgan fingerprint density at radius 1 is 1.07 bits per heavy atom. The van der Waals surface area contributed by atoms with E-state index in [-0.39, 0.29) is 11.4 Å². The third-order valence-electron chi connectivity index (χ3n) is 4.16. The van der Waals surface area contributed by atoms with E-state index < -0.39 is 17.6 Å². The van der Waals surface area contributed by atoms with Crippen molar-refractivity contribution in [3.63, 3.8) is 0 Å². The molecule has 0 atom stereocenters. The van der Waals surface area contributed by atoms with Crippen molar-refractivity contribution < 1.29 is 18.0 Å². The van der Waals surface area contributed by atoms with Crippen LogP contribution in [0, 0.1) is 20.8 Å². The summed E-state index contributed by atoms with van der Waals surface area (Å²) in [7, 11) is 0. The molecule has 1 aromatic heterocycles. The Balaban J connectivity index is 1.90. The van der Waals surface area contributed by atoms with E-state index in [4.69, 9.17) is 0 Å².